The van der Waals surface area contributed by atoms with Crippen LogP contribution in [0.25, 0.3) is 11.0 Å². The molecule has 1 N–H and O–H groups in total. The van der Waals surface area contributed by atoms with Crippen LogP contribution in [0.4, 0.5) is 5.69 Å². The topological polar surface area (TPSA) is 81.4 Å². The first-order valence-corrected chi connectivity index (χ1v) is 8.74. The summed E-state index contributed by atoms with van der Waals surface area (Å²) in [5.74, 6) is 0.375. The highest BCUT2D eigenvalue weighted by Crippen LogP contribution is 2.34. The predicted molar refractivity (Wildman–Crippen MR) is 85.2 cm³/mol. The van der Waals surface area contributed by atoms with E-state index >= 15 is 0 Å². The maximum atomic E-state index is 12.4. The number of aryl methyl sites for hydroxylation is 2. The van der Waals surface area contributed by atoms with E-state index in [1.165, 1.54) is 18.4 Å². The fourth-order valence-corrected chi connectivity index (χ4v) is 4.43. The van der Waals surface area contributed by atoms with Crippen molar-refractivity contribution in [2.24, 2.45) is 0 Å². The maximum Gasteiger partial charge on any atom is 0.271 e. The van der Waals surface area contributed by atoms with Crippen LogP contribution >= 0.6 is 11.3 Å². The Balaban J connectivity index is 2.07. The quantitative estimate of drug-likeness (QED) is 0.789. The summed E-state index contributed by atoms with van der Waals surface area (Å²) in [5.41, 5.74) is 1.58. The lowest BCUT2D eigenvalue weighted by molar-refractivity contribution is 0.413. The molecule has 0 atom stereocenters. The molecule has 0 saturated carbocycles. The van der Waals surface area contributed by atoms with Gasteiger partial charge in [0, 0.05) is 16.3 Å². The van der Waals surface area contributed by atoms with Crippen molar-refractivity contribution in [1.82, 2.24) is 5.16 Å². The first-order valence-electron chi connectivity index (χ1n) is 6.44. The Hall–Kier alpha value is -2.06. The third kappa shape index (κ3) is 2.55. The summed E-state index contributed by atoms with van der Waals surface area (Å²) >= 11 is 1.21. The molecule has 0 aliphatic carbocycles. The fourth-order valence-electron chi connectivity index (χ4n) is 2.09. The highest BCUT2D eigenvalue weighted by molar-refractivity contribution is 7.94. The number of fused-ring (bicyclic) bond motifs is 1. The van der Waals surface area contributed by atoms with Crippen molar-refractivity contribution in [2.75, 3.05) is 11.8 Å². The number of methoxy groups -OCH3 is 1. The van der Waals surface area contributed by atoms with Gasteiger partial charge >= 0.3 is 0 Å². The summed E-state index contributed by atoms with van der Waals surface area (Å²) in [7, 11) is -2.18. The molecule has 3 rings (SSSR count). The van der Waals surface area contributed by atoms with E-state index in [0.29, 0.717) is 22.7 Å². The van der Waals surface area contributed by atoms with Gasteiger partial charge in [-0.3, -0.25) is 4.72 Å². The number of benzene rings is 1. The van der Waals surface area contributed by atoms with E-state index in [0.717, 1.165) is 10.3 Å². The van der Waals surface area contributed by atoms with E-state index in [9.17, 15) is 8.42 Å². The number of aromatic nitrogens is 1. The van der Waals surface area contributed by atoms with Gasteiger partial charge in [0.15, 0.2) is 5.58 Å². The minimum atomic E-state index is -3.65. The summed E-state index contributed by atoms with van der Waals surface area (Å²) in [4.78, 5) is 0.928. The van der Waals surface area contributed by atoms with E-state index in [-0.39, 0.29) is 4.21 Å². The van der Waals surface area contributed by atoms with Crippen molar-refractivity contribution in [3.63, 3.8) is 0 Å². The molecule has 0 unspecified atom stereocenters. The summed E-state index contributed by atoms with van der Waals surface area (Å²) < 4.78 is 38.1. The smallest absolute Gasteiger partial charge is 0.271 e. The Morgan fingerprint density at radius 2 is 2.05 bits per heavy atom. The molecule has 1 aromatic carbocycles. The van der Waals surface area contributed by atoms with Crippen molar-refractivity contribution >= 4 is 38.0 Å². The zero-order valence-electron chi connectivity index (χ0n) is 12.2. The van der Waals surface area contributed by atoms with Crippen molar-refractivity contribution in [3.05, 3.63) is 34.8 Å². The van der Waals surface area contributed by atoms with Gasteiger partial charge in [0.05, 0.1) is 18.5 Å². The second-order valence-electron chi connectivity index (χ2n) is 4.79. The van der Waals surface area contributed by atoms with Crippen molar-refractivity contribution in [3.8, 4) is 5.75 Å². The molecule has 0 radical (unpaired) electrons. The number of ether oxygens (including phenoxy) is 1. The van der Waals surface area contributed by atoms with E-state index < -0.39 is 10.0 Å². The number of nitrogens with one attached hydrogen (secondary N) is 1. The Morgan fingerprint density at radius 3 is 2.68 bits per heavy atom. The van der Waals surface area contributed by atoms with Crippen LogP contribution in [0.5, 0.6) is 5.75 Å². The molecule has 0 spiro atoms. The van der Waals surface area contributed by atoms with Gasteiger partial charge in [-0.15, -0.1) is 11.3 Å². The number of nitrogens with zero attached hydrogens (tertiary/aromatic N) is 1. The van der Waals surface area contributed by atoms with Gasteiger partial charge in [0.25, 0.3) is 10.0 Å². The lowest BCUT2D eigenvalue weighted by atomic mass is 10.2. The number of hydrogen-bond donors (Lipinski definition) is 1. The van der Waals surface area contributed by atoms with E-state index in [1.54, 1.807) is 31.2 Å². The Kier molecular flexibility index (Phi) is 3.57. The lowest BCUT2D eigenvalue weighted by Crippen LogP contribution is -2.12. The molecule has 3 aromatic rings. The van der Waals surface area contributed by atoms with Crippen molar-refractivity contribution in [2.45, 2.75) is 18.1 Å². The Bertz CT molecular complexity index is 941. The number of thiophene rings is 1. The summed E-state index contributed by atoms with van der Waals surface area (Å²) in [5, 5.41) is 4.60. The Labute approximate surface area is 131 Å². The van der Waals surface area contributed by atoms with Crippen LogP contribution in [-0.4, -0.2) is 20.7 Å². The molecule has 0 fully saturated rings. The van der Waals surface area contributed by atoms with Crippen LogP contribution in [0.2, 0.25) is 0 Å². The molecule has 116 valence electrons. The number of hydrogen-bond acceptors (Lipinski definition) is 6. The second kappa shape index (κ2) is 5.29. The standard InChI is InChI=1S/C14H14N2O4S2/c1-8-4-5-14(21-8)22(17,18)16-11-6-10-9(2)15-20-12(10)7-13(11)19-3/h4-7,16H,1-3H3. The average Bonchev–Trinajstić information content (AvgIpc) is 3.05. The van der Waals surface area contributed by atoms with Crippen molar-refractivity contribution in [1.29, 1.82) is 0 Å². The van der Waals surface area contributed by atoms with Gasteiger partial charge in [-0.25, -0.2) is 8.42 Å². The molecule has 2 aromatic heterocycles. The highest BCUT2D eigenvalue weighted by atomic mass is 32.2. The molecule has 0 aliphatic heterocycles. The van der Waals surface area contributed by atoms with Crippen molar-refractivity contribution < 1.29 is 17.7 Å². The van der Waals surface area contributed by atoms with Gasteiger partial charge in [-0.1, -0.05) is 5.16 Å². The van der Waals surface area contributed by atoms with Crippen LogP contribution < -0.4 is 9.46 Å². The third-order valence-electron chi connectivity index (χ3n) is 3.20. The largest absolute Gasteiger partial charge is 0.494 e. The molecule has 0 saturated heterocycles. The van der Waals surface area contributed by atoms with Gasteiger partial charge in [0.1, 0.15) is 9.96 Å². The summed E-state index contributed by atoms with van der Waals surface area (Å²) in [6.45, 7) is 3.65. The van der Waals surface area contributed by atoms with Crippen LogP contribution in [-0.2, 0) is 10.0 Å². The number of rotatable bonds is 4. The second-order valence-corrected chi connectivity index (χ2v) is 7.98. The third-order valence-corrected chi connectivity index (χ3v) is 6.06. The fraction of sp³-hybridized carbons (Fsp3) is 0.214. The van der Waals surface area contributed by atoms with E-state index in [4.69, 9.17) is 9.26 Å². The molecule has 8 heteroatoms. The van der Waals surface area contributed by atoms with Crippen LogP contribution in [0.3, 0.4) is 0 Å². The first kappa shape index (κ1) is 14.9. The SMILES string of the molecule is COc1cc2onc(C)c2cc1NS(=O)(=O)c1ccc(C)s1. The van der Waals surface area contributed by atoms with Gasteiger partial charge in [-0.2, -0.15) is 0 Å². The number of anilines is 1. The molecule has 0 bridgehead atoms. The molecular weight excluding hydrogens is 324 g/mol. The van der Waals surface area contributed by atoms with Crippen LogP contribution in [0, 0.1) is 13.8 Å². The zero-order chi connectivity index (χ0) is 15.9. The molecule has 0 aliphatic rings. The number of sulfonamides is 1. The maximum absolute atomic E-state index is 12.4. The van der Waals surface area contributed by atoms with Gasteiger partial charge in [0.2, 0.25) is 0 Å². The minimum Gasteiger partial charge on any atom is -0.494 e. The Morgan fingerprint density at radius 1 is 1.27 bits per heavy atom. The zero-order valence-corrected chi connectivity index (χ0v) is 13.8. The van der Waals surface area contributed by atoms with Crippen LogP contribution in [0.15, 0.2) is 33.0 Å². The summed E-state index contributed by atoms with van der Waals surface area (Å²) in [6, 6.07) is 6.63. The monoisotopic (exact) mass is 338 g/mol. The first-order chi connectivity index (χ1) is 10.4. The average molecular weight is 338 g/mol. The minimum absolute atomic E-state index is 0.259. The predicted octanol–water partition coefficient (Wildman–Crippen LogP) is 3.32. The molecule has 2 heterocycles. The van der Waals surface area contributed by atoms with Gasteiger partial charge < -0.3 is 9.26 Å². The summed E-state index contributed by atoms with van der Waals surface area (Å²) in [6.07, 6.45) is 0. The molecular formula is C14H14N2O4S2. The molecule has 22 heavy (non-hydrogen) atoms. The van der Waals surface area contributed by atoms with Gasteiger partial charge in [-0.05, 0) is 32.0 Å². The normalized spacial score (nSPS) is 11.8. The molecule has 0 amide bonds. The van der Waals surface area contributed by atoms with E-state index in [2.05, 4.69) is 9.88 Å². The van der Waals surface area contributed by atoms with E-state index in [1.807, 2.05) is 6.92 Å². The lowest BCUT2D eigenvalue weighted by Gasteiger charge is -2.10. The molecule has 6 nitrogen and oxygen atoms in total. The highest BCUT2D eigenvalue weighted by Gasteiger charge is 2.20. The van der Waals surface area contributed by atoms with Crippen LogP contribution in [0.1, 0.15) is 10.6 Å².